The van der Waals surface area contributed by atoms with Crippen molar-refractivity contribution in [1.29, 1.82) is 0 Å². The predicted molar refractivity (Wildman–Crippen MR) is 119 cm³/mol. The number of hydrogen-bond donors (Lipinski definition) is 0. The van der Waals surface area contributed by atoms with Gasteiger partial charge in [0.25, 0.3) is 0 Å². The van der Waals surface area contributed by atoms with Crippen LogP contribution >= 0.6 is 0 Å². The molecule has 1 fully saturated rings. The number of amides is 2. The normalized spacial score (nSPS) is 21.7. The number of carbonyl (C=O) groups is 2. The number of isocyanates is 1. The highest BCUT2D eigenvalue weighted by Gasteiger charge is 2.47. The number of benzene rings is 2. The van der Waals surface area contributed by atoms with E-state index in [1.54, 1.807) is 66.7 Å². The van der Waals surface area contributed by atoms with Crippen LogP contribution < -0.4 is 9.47 Å². The van der Waals surface area contributed by atoms with Crippen molar-refractivity contribution in [2.45, 2.75) is 46.1 Å². The van der Waals surface area contributed by atoms with Gasteiger partial charge in [-0.15, -0.1) is 0 Å². The number of nitrogens with zero attached hydrogens (tertiary/aromatic N) is 2. The lowest BCUT2D eigenvalue weighted by Crippen LogP contribution is -2.54. The SMILES string of the molecule is CC1(C)CC(N(C(=O)Oc2ccccc2)C(=O)Oc2ccccc2)CC(C)(CN=C=O)C1. The topological polar surface area (TPSA) is 85.3 Å². The van der Waals surface area contributed by atoms with Gasteiger partial charge in [0, 0.05) is 6.04 Å². The van der Waals surface area contributed by atoms with E-state index < -0.39 is 18.2 Å². The molecule has 7 heteroatoms. The lowest BCUT2D eigenvalue weighted by Gasteiger charge is -2.47. The molecule has 1 aliphatic carbocycles. The van der Waals surface area contributed by atoms with Gasteiger partial charge in [0.1, 0.15) is 11.5 Å². The molecule has 2 atom stereocenters. The maximum Gasteiger partial charge on any atom is 0.425 e. The van der Waals surface area contributed by atoms with Gasteiger partial charge in [-0.05, 0) is 54.4 Å². The second-order valence-corrected chi connectivity index (χ2v) is 9.35. The molecule has 0 saturated heterocycles. The summed E-state index contributed by atoms with van der Waals surface area (Å²) in [5, 5.41) is 0. The quantitative estimate of drug-likeness (QED) is 0.449. The molecule has 1 aliphatic rings. The van der Waals surface area contributed by atoms with Crippen LogP contribution in [0.4, 0.5) is 9.59 Å². The molecule has 2 amide bonds. The highest BCUT2D eigenvalue weighted by atomic mass is 16.6. The minimum Gasteiger partial charge on any atom is -0.410 e. The summed E-state index contributed by atoms with van der Waals surface area (Å²) in [6, 6.07) is 16.7. The second kappa shape index (κ2) is 9.79. The first-order chi connectivity index (χ1) is 15.2. The first-order valence-corrected chi connectivity index (χ1v) is 10.6. The Kier molecular flexibility index (Phi) is 7.11. The van der Waals surface area contributed by atoms with Gasteiger partial charge in [0.15, 0.2) is 0 Å². The Morgan fingerprint density at radius 2 is 1.44 bits per heavy atom. The Morgan fingerprint density at radius 1 is 0.938 bits per heavy atom. The molecule has 2 unspecified atom stereocenters. The summed E-state index contributed by atoms with van der Waals surface area (Å²) < 4.78 is 11.0. The molecular formula is C25H28N2O5. The fourth-order valence-corrected chi connectivity index (χ4v) is 4.75. The highest BCUT2D eigenvalue weighted by molar-refractivity contribution is 5.90. The molecule has 0 spiro atoms. The summed E-state index contributed by atoms with van der Waals surface area (Å²) in [6.07, 6.45) is 1.82. The molecule has 168 valence electrons. The molecule has 0 bridgehead atoms. The van der Waals surface area contributed by atoms with Gasteiger partial charge in [-0.3, -0.25) is 0 Å². The van der Waals surface area contributed by atoms with Crippen LogP contribution in [-0.4, -0.2) is 35.8 Å². The summed E-state index contributed by atoms with van der Waals surface area (Å²) in [6.45, 7) is 6.42. The fraction of sp³-hybridized carbons (Fsp3) is 0.400. The largest absolute Gasteiger partial charge is 0.425 e. The lowest BCUT2D eigenvalue weighted by atomic mass is 9.62. The van der Waals surface area contributed by atoms with Crippen LogP contribution in [0.25, 0.3) is 0 Å². The Morgan fingerprint density at radius 3 is 1.91 bits per heavy atom. The van der Waals surface area contributed by atoms with Crippen LogP contribution in [0.5, 0.6) is 11.5 Å². The summed E-state index contributed by atoms with van der Waals surface area (Å²) >= 11 is 0. The monoisotopic (exact) mass is 436 g/mol. The zero-order valence-electron chi connectivity index (χ0n) is 18.6. The predicted octanol–water partition coefficient (Wildman–Crippen LogP) is 5.61. The summed E-state index contributed by atoms with van der Waals surface area (Å²) in [5.41, 5.74) is -0.587. The zero-order valence-corrected chi connectivity index (χ0v) is 18.6. The van der Waals surface area contributed by atoms with Crippen molar-refractivity contribution in [3.63, 3.8) is 0 Å². The third-order valence-corrected chi connectivity index (χ3v) is 5.60. The molecule has 0 N–H and O–H groups in total. The number of ether oxygens (including phenoxy) is 2. The Bertz CT molecular complexity index is 932. The smallest absolute Gasteiger partial charge is 0.410 e. The Labute approximate surface area is 188 Å². The van der Waals surface area contributed by atoms with Gasteiger partial charge in [-0.2, -0.15) is 0 Å². The Balaban J connectivity index is 1.91. The van der Waals surface area contributed by atoms with E-state index in [4.69, 9.17) is 9.47 Å². The van der Waals surface area contributed by atoms with Crippen molar-refractivity contribution in [1.82, 2.24) is 4.90 Å². The molecule has 0 radical (unpaired) electrons. The minimum atomic E-state index is -0.805. The summed E-state index contributed by atoms with van der Waals surface area (Å²) in [4.78, 5) is 42.0. The van der Waals surface area contributed by atoms with E-state index in [0.29, 0.717) is 24.3 Å². The van der Waals surface area contributed by atoms with Gasteiger partial charge < -0.3 is 9.47 Å². The summed E-state index contributed by atoms with van der Waals surface area (Å²) in [7, 11) is 0. The maximum atomic E-state index is 13.2. The number of hydrogen-bond acceptors (Lipinski definition) is 6. The average Bonchev–Trinajstić information content (AvgIpc) is 2.72. The van der Waals surface area contributed by atoms with Crippen molar-refractivity contribution in [3.8, 4) is 11.5 Å². The third kappa shape index (κ3) is 6.05. The van der Waals surface area contributed by atoms with Gasteiger partial charge in [-0.25, -0.2) is 24.3 Å². The number of rotatable bonds is 5. The molecule has 7 nitrogen and oxygen atoms in total. The lowest BCUT2D eigenvalue weighted by molar-refractivity contribution is 0.0300. The first-order valence-electron chi connectivity index (χ1n) is 10.6. The first kappa shape index (κ1) is 23.2. The van der Waals surface area contributed by atoms with E-state index >= 15 is 0 Å². The summed E-state index contributed by atoms with van der Waals surface area (Å²) in [5.74, 6) is 0.664. The van der Waals surface area contributed by atoms with Gasteiger partial charge in [0.05, 0.1) is 6.54 Å². The molecule has 2 aromatic carbocycles. The van der Waals surface area contributed by atoms with Crippen LogP contribution in [0.1, 0.15) is 40.0 Å². The van der Waals surface area contributed by atoms with Crippen LogP contribution in [0.3, 0.4) is 0 Å². The molecule has 32 heavy (non-hydrogen) atoms. The van der Waals surface area contributed by atoms with E-state index in [1.165, 1.54) is 0 Å². The molecule has 0 aromatic heterocycles. The van der Waals surface area contributed by atoms with Crippen molar-refractivity contribution in [2.75, 3.05) is 6.54 Å². The highest BCUT2D eigenvalue weighted by Crippen LogP contribution is 2.48. The van der Waals surface area contributed by atoms with Crippen LogP contribution in [0.15, 0.2) is 65.7 Å². The van der Waals surface area contributed by atoms with E-state index in [9.17, 15) is 14.4 Å². The fourth-order valence-electron chi connectivity index (χ4n) is 4.75. The van der Waals surface area contributed by atoms with Crippen molar-refractivity contribution < 1.29 is 23.9 Å². The minimum absolute atomic E-state index is 0.200. The number of carbonyl (C=O) groups excluding carboxylic acids is 3. The zero-order chi connectivity index (χ0) is 23.2. The van der Waals surface area contributed by atoms with Crippen LogP contribution in [0, 0.1) is 10.8 Å². The molecular weight excluding hydrogens is 408 g/mol. The molecule has 1 saturated carbocycles. The van der Waals surface area contributed by atoms with E-state index in [0.717, 1.165) is 11.3 Å². The number of imide groups is 1. The average molecular weight is 437 g/mol. The molecule has 2 aromatic rings. The van der Waals surface area contributed by atoms with Gasteiger partial charge in [0.2, 0.25) is 6.08 Å². The van der Waals surface area contributed by atoms with E-state index in [-0.39, 0.29) is 17.4 Å². The van der Waals surface area contributed by atoms with Crippen molar-refractivity contribution >= 4 is 18.3 Å². The molecule has 0 heterocycles. The van der Waals surface area contributed by atoms with Gasteiger partial charge >= 0.3 is 12.2 Å². The van der Waals surface area contributed by atoms with E-state index in [1.807, 2.05) is 6.92 Å². The number of aliphatic imine (C=N–C) groups is 1. The standard InChI is InChI=1S/C25H28N2O5/c1-24(2)14-19(15-25(3,16-24)17-26-18-28)27(22(29)31-20-10-6-4-7-11-20)23(30)32-21-12-8-5-9-13-21/h4-13,19H,14-17H2,1-3H3. The maximum absolute atomic E-state index is 13.2. The van der Waals surface area contributed by atoms with Crippen LogP contribution in [0.2, 0.25) is 0 Å². The molecule has 3 rings (SSSR count). The third-order valence-electron chi connectivity index (χ3n) is 5.60. The van der Waals surface area contributed by atoms with Crippen molar-refractivity contribution in [2.24, 2.45) is 15.8 Å². The number of para-hydroxylation sites is 2. The van der Waals surface area contributed by atoms with Gasteiger partial charge in [-0.1, -0.05) is 57.2 Å². The second-order valence-electron chi connectivity index (χ2n) is 9.35. The Hall–Kier alpha value is -3.44. The van der Waals surface area contributed by atoms with E-state index in [2.05, 4.69) is 18.8 Å². The van der Waals surface area contributed by atoms with Crippen LogP contribution in [-0.2, 0) is 4.79 Å². The molecule has 0 aliphatic heterocycles. The van der Waals surface area contributed by atoms with Crippen molar-refractivity contribution in [3.05, 3.63) is 60.7 Å².